The van der Waals surface area contributed by atoms with E-state index < -0.39 is 0 Å². The minimum Gasteiger partial charge on any atom is -0.378 e. The van der Waals surface area contributed by atoms with Gasteiger partial charge in [-0.1, -0.05) is 32.1 Å². The second kappa shape index (κ2) is 4.00. The van der Waals surface area contributed by atoms with E-state index in [1.54, 1.807) is 5.92 Å². The van der Waals surface area contributed by atoms with Crippen molar-refractivity contribution in [1.82, 2.24) is 0 Å². The van der Waals surface area contributed by atoms with Gasteiger partial charge in [0.1, 0.15) is 0 Å². The first-order chi connectivity index (χ1) is 6.37. The molecule has 1 heteroatoms. The van der Waals surface area contributed by atoms with E-state index in [1.807, 2.05) is 7.11 Å². The van der Waals surface area contributed by atoms with Crippen molar-refractivity contribution in [2.24, 2.45) is 0 Å². The van der Waals surface area contributed by atoms with Gasteiger partial charge in [-0.2, -0.15) is 0 Å². The third kappa shape index (κ3) is 1.76. The second-order valence-electron chi connectivity index (χ2n) is 4.57. The lowest BCUT2D eigenvalue weighted by Crippen LogP contribution is -2.39. The Labute approximate surface area is 81.9 Å². The molecule has 2 fully saturated rings. The third-order valence-electron chi connectivity index (χ3n) is 3.90. The summed E-state index contributed by atoms with van der Waals surface area (Å²) in [6.45, 7) is 0. The first-order valence-corrected chi connectivity index (χ1v) is 5.78. The van der Waals surface area contributed by atoms with Gasteiger partial charge in [-0.15, -0.1) is 0 Å². The first kappa shape index (κ1) is 9.51. The standard InChI is InChI=1S/C12H21O/c1-13-12(9-5-2-6-10-12)11-7-3-4-8-11/h2-10H2,1H3. The maximum absolute atomic E-state index is 5.83. The summed E-state index contributed by atoms with van der Waals surface area (Å²) in [5.74, 6) is 1.73. The van der Waals surface area contributed by atoms with Crippen LogP contribution in [-0.4, -0.2) is 12.7 Å². The predicted molar refractivity (Wildman–Crippen MR) is 54.5 cm³/mol. The molecule has 0 heterocycles. The molecule has 75 valence electrons. The van der Waals surface area contributed by atoms with Gasteiger partial charge in [0, 0.05) is 13.0 Å². The Bertz CT molecular complexity index is 153. The van der Waals surface area contributed by atoms with E-state index >= 15 is 0 Å². The molecular weight excluding hydrogens is 160 g/mol. The average Bonchev–Trinajstić information content (AvgIpc) is 2.72. The van der Waals surface area contributed by atoms with Crippen molar-refractivity contribution in [3.63, 3.8) is 0 Å². The van der Waals surface area contributed by atoms with Crippen molar-refractivity contribution in [1.29, 1.82) is 0 Å². The van der Waals surface area contributed by atoms with Crippen LogP contribution in [0.3, 0.4) is 0 Å². The number of hydrogen-bond donors (Lipinski definition) is 0. The Balaban J connectivity index is 2.03. The van der Waals surface area contributed by atoms with Gasteiger partial charge in [0.05, 0.1) is 5.60 Å². The maximum Gasteiger partial charge on any atom is 0.0741 e. The Kier molecular flexibility index (Phi) is 2.92. The fraction of sp³-hybridized carbons (Fsp3) is 0.917. The van der Waals surface area contributed by atoms with Crippen LogP contribution in [0.15, 0.2) is 0 Å². The number of ether oxygens (including phenoxy) is 1. The minimum absolute atomic E-state index is 0.217. The van der Waals surface area contributed by atoms with Gasteiger partial charge >= 0.3 is 0 Å². The van der Waals surface area contributed by atoms with Crippen LogP contribution in [0, 0.1) is 5.92 Å². The molecule has 0 bridgehead atoms. The molecule has 13 heavy (non-hydrogen) atoms. The molecule has 0 N–H and O–H groups in total. The molecular formula is C12H21O. The van der Waals surface area contributed by atoms with Crippen molar-refractivity contribution in [2.75, 3.05) is 7.11 Å². The van der Waals surface area contributed by atoms with E-state index in [0.717, 1.165) is 0 Å². The van der Waals surface area contributed by atoms with Crippen LogP contribution in [0.1, 0.15) is 57.8 Å². The summed E-state index contributed by atoms with van der Waals surface area (Å²) >= 11 is 0. The van der Waals surface area contributed by atoms with Crippen molar-refractivity contribution in [2.45, 2.75) is 63.4 Å². The summed E-state index contributed by atoms with van der Waals surface area (Å²) in [7, 11) is 1.91. The molecule has 0 aromatic carbocycles. The van der Waals surface area contributed by atoms with Gasteiger partial charge in [0.15, 0.2) is 0 Å². The first-order valence-electron chi connectivity index (χ1n) is 5.78. The molecule has 0 spiro atoms. The fourth-order valence-corrected chi connectivity index (χ4v) is 3.08. The smallest absolute Gasteiger partial charge is 0.0741 e. The Hall–Kier alpha value is -0.0400. The quantitative estimate of drug-likeness (QED) is 0.633. The zero-order valence-corrected chi connectivity index (χ0v) is 8.77. The zero-order valence-electron chi connectivity index (χ0n) is 8.77. The highest BCUT2D eigenvalue weighted by atomic mass is 16.5. The molecule has 0 aliphatic heterocycles. The van der Waals surface area contributed by atoms with Crippen LogP contribution in [0.2, 0.25) is 0 Å². The van der Waals surface area contributed by atoms with Crippen LogP contribution < -0.4 is 0 Å². The molecule has 2 aliphatic carbocycles. The number of rotatable bonds is 2. The largest absolute Gasteiger partial charge is 0.378 e. The molecule has 0 unspecified atom stereocenters. The summed E-state index contributed by atoms with van der Waals surface area (Å²) in [4.78, 5) is 0. The summed E-state index contributed by atoms with van der Waals surface area (Å²) in [5, 5.41) is 0. The summed E-state index contributed by atoms with van der Waals surface area (Å²) < 4.78 is 5.83. The molecule has 2 saturated carbocycles. The van der Waals surface area contributed by atoms with Crippen LogP contribution >= 0.6 is 0 Å². The topological polar surface area (TPSA) is 9.23 Å². The summed E-state index contributed by atoms with van der Waals surface area (Å²) in [6, 6.07) is 0. The van der Waals surface area contributed by atoms with E-state index in [4.69, 9.17) is 4.74 Å². The zero-order chi connectivity index (χ0) is 9.15. The Morgan fingerprint density at radius 3 is 2.08 bits per heavy atom. The van der Waals surface area contributed by atoms with E-state index in [-0.39, 0.29) is 5.60 Å². The van der Waals surface area contributed by atoms with Crippen molar-refractivity contribution in [3.8, 4) is 0 Å². The lowest BCUT2D eigenvalue weighted by Gasteiger charge is -2.40. The molecule has 1 nitrogen and oxygen atoms in total. The minimum atomic E-state index is 0.217. The van der Waals surface area contributed by atoms with Crippen LogP contribution in [-0.2, 0) is 4.74 Å². The second-order valence-corrected chi connectivity index (χ2v) is 4.57. The van der Waals surface area contributed by atoms with E-state index in [9.17, 15) is 0 Å². The monoisotopic (exact) mass is 181 g/mol. The summed E-state index contributed by atoms with van der Waals surface area (Å²) in [6.07, 6.45) is 12.2. The highest BCUT2D eigenvalue weighted by Crippen LogP contribution is 2.46. The van der Waals surface area contributed by atoms with Crippen LogP contribution in [0.4, 0.5) is 0 Å². The molecule has 0 atom stereocenters. The Morgan fingerprint density at radius 1 is 0.923 bits per heavy atom. The molecule has 0 amide bonds. The van der Waals surface area contributed by atoms with Gasteiger partial charge in [0.25, 0.3) is 0 Å². The SMILES string of the molecule is COC1([C]2CCCC2)CCCCC1. The maximum atomic E-state index is 5.83. The molecule has 1 radical (unpaired) electrons. The lowest BCUT2D eigenvalue weighted by molar-refractivity contribution is -0.0295. The van der Waals surface area contributed by atoms with Crippen LogP contribution in [0.25, 0.3) is 0 Å². The van der Waals surface area contributed by atoms with Gasteiger partial charge in [0.2, 0.25) is 0 Å². The third-order valence-corrected chi connectivity index (χ3v) is 3.90. The molecule has 0 saturated heterocycles. The van der Waals surface area contributed by atoms with E-state index in [1.165, 1.54) is 57.8 Å². The lowest BCUT2D eigenvalue weighted by atomic mass is 9.74. The normalized spacial score (nSPS) is 29.3. The number of methoxy groups -OCH3 is 1. The van der Waals surface area contributed by atoms with Gasteiger partial charge < -0.3 is 4.74 Å². The van der Waals surface area contributed by atoms with Crippen molar-refractivity contribution in [3.05, 3.63) is 5.92 Å². The average molecular weight is 181 g/mol. The van der Waals surface area contributed by atoms with Crippen LogP contribution in [0.5, 0.6) is 0 Å². The van der Waals surface area contributed by atoms with Gasteiger partial charge in [-0.05, 0) is 25.7 Å². The van der Waals surface area contributed by atoms with Crippen molar-refractivity contribution < 1.29 is 4.74 Å². The molecule has 0 aromatic rings. The van der Waals surface area contributed by atoms with Gasteiger partial charge in [-0.3, -0.25) is 0 Å². The predicted octanol–water partition coefficient (Wildman–Crippen LogP) is 3.48. The molecule has 2 rings (SSSR count). The number of hydrogen-bond acceptors (Lipinski definition) is 1. The Morgan fingerprint density at radius 2 is 1.54 bits per heavy atom. The van der Waals surface area contributed by atoms with Crippen molar-refractivity contribution >= 4 is 0 Å². The summed E-state index contributed by atoms with van der Waals surface area (Å²) in [5.41, 5.74) is 0.217. The van der Waals surface area contributed by atoms with Gasteiger partial charge in [-0.25, -0.2) is 0 Å². The molecule has 0 aromatic heterocycles. The fourth-order valence-electron chi connectivity index (χ4n) is 3.08. The molecule has 2 aliphatic rings. The van der Waals surface area contributed by atoms with E-state index in [0.29, 0.717) is 0 Å². The highest BCUT2D eigenvalue weighted by Gasteiger charge is 2.41. The highest BCUT2D eigenvalue weighted by molar-refractivity contribution is 5.12. The van der Waals surface area contributed by atoms with E-state index in [2.05, 4.69) is 0 Å².